The number of halogens is 3. The molecule has 0 spiro atoms. The van der Waals surface area contributed by atoms with Crippen molar-refractivity contribution in [3.63, 3.8) is 0 Å². The molecule has 3 amide bonds. The Morgan fingerprint density at radius 3 is 2.43 bits per heavy atom. The summed E-state index contributed by atoms with van der Waals surface area (Å²) in [4.78, 5) is 32.7. The highest BCUT2D eigenvalue weighted by atomic mass is 79.9. The number of hydrogen-bond acceptors (Lipinski definition) is 4. The number of urea groups is 1. The number of anilines is 1. The molecule has 0 saturated carbocycles. The van der Waals surface area contributed by atoms with Crippen LogP contribution < -0.4 is 4.90 Å². The number of fused-ring (bicyclic) bond motifs is 1. The molecule has 1 aromatic rings. The lowest BCUT2D eigenvalue weighted by Crippen LogP contribution is -2.47. The summed E-state index contributed by atoms with van der Waals surface area (Å²) in [6, 6.07) is 8.18. The SMILES string of the molecule is Cl.Cl.O=C1C2CCCN2C(=O)N1CCCN1CCN(c2cccc(Br)c2)CC1. The topological polar surface area (TPSA) is 47.1 Å². The standard InChI is InChI=1S/C19H25BrN4O2.2ClH/c20-15-4-1-5-16(14-15)22-12-10-21(11-13-22)7-3-9-24-18(25)17-6-2-8-23(17)19(24)26;;/h1,4-5,14,17H,2-3,6-13H2;2*1H. The van der Waals surface area contributed by atoms with Gasteiger partial charge in [0.25, 0.3) is 5.91 Å². The Morgan fingerprint density at radius 1 is 1.00 bits per heavy atom. The van der Waals surface area contributed by atoms with E-state index in [1.807, 2.05) is 6.07 Å². The van der Waals surface area contributed by atoms with E-state index < -0.39 is 0 Å². The lowest BCUT2D eigenvalue weighted by Gasteiger charge is -2.36. The lowest BCUT2D eigenvalue weighted by molar-refractivity contribution is -0.128. The van der Waals surface area contributed by atoms with E-state index in [9.17, 15) is 9.59 Å². The fourth-order valence-electron chi connectivity index (χ4n) is 4.24. The van der Waals surface area contributed by atoms with Gasteiger partial charge in [-0.1, -0.05) is 22.0 Å². The average Bonchev–Trinajstić information content (AvgIpc) is 3.22. The number of carbonyl (C=O) groups is 2. The number of hydrogen-bond donors (Lipinski definition) is 0. The largest absolute Gasteiger partial charge is 0.369 e. The van der Waals surface area contributed by atoms with Crippen molar-refractivity contribution in [3.05, 3.63) is 28.7 Å². The smallest absolute Gasteiger partial charge is 0.327 e. The number of amides is 3. The molecule has 1 aromatic carbocycles. The van der Waals surface area contributed by atoms with Crippen molar-refractivity contribution in [2.24, 2.45) is 0 Å². The number of rotatable bonds is 5. The monoisotopic (exact) mass is 492 g/mol. The van der Waals surface area contributed by atoms with Gasteiger partial charge in [0.15, 0.2) is 0 Å². The number of benzene rings is 1. The maximum absolute atomic E-state index is 12.3. The number of piperazine rings is 1. The molecule has 3 fully saturated rings. The molecule has 0 bridgehead atoms. The molecule has 3 saturated heterocycles. The van der Waals surface area contributed by atoms with Gasteiger partial charge < -0.3 is 9.80 Å². The summed E-state index contributed by atoms with van der Waals surface area (Å²) in [5, 5.41) is 0. The van der Waals surface area contributed by atoms with E-state index in [2.05, 4.69) is 43.9 Å². The molecule has 1 atom stereocenters. The molecule has 4 rings (SSSR count). The van der Waals surface area contributed by atoms with Crippen LogP contribution in [-0.4, -0.2) is 78.5 Å². The van der Waals surface area contributed by atoms with Crippen LogP contribution in [0.1, 0.15) is 19.3 Å². The van der Waals surface area contributed by atoms with Crippen LogP contribution in [0.25, 0.3) is 0 Å². The fourth-order valence-corrected chi connectivity index (χ4v) is 4.63. The second kappa shape index (κ2) is 10.1. The van der Waals surface area contributed by atoms with Crippen LogP contribution in [0.2, 0.25) is 0 Å². The number of imide groups is 1. The van der Waals surface area contributed by atoms with Gasteiger partial charge in [-0.15, -0.1) is 24.8 Å². The van der Waals surface area contributed by atoms with Crippen LogP contribution in [0.4, 0.5) is 10.5 Å². The quantitative estimate of drug-likeness (QED) is 0.591. The molecule has 3 aliphatic heterocycles. The Bertz CT molecular complexity index is 678. The van der Waals surface area contributed by atoms with Crippen molar-refractivity contribution < 1.29 is 9.59 Å². The van der Waals surface area contributed by atoms with Crippen LogP contribution >= 0.6 is 40.7 Å². The van der Waals surface area contributed by atoms with Crippen molar-refractivity contribution in [1.82, 2.24) is 14.7 Å². The van der Waals surface area contributed by atoms with Gasteiger partial charge in [0.1, 0.15) is 6.04 Å². The van der Waals surface area contributed by atoms with Gasteiger partial charge in [-0.3, -0.25) is 14.6 Å². The molecule has 1 unspecified atom stereocenters. The van der Waals surface area contributed by atoms with Gasteiger partial charge in [0, 0.05) is 49.4 Å². The Balaban J connectivity index is 0.00000140. The van der Waals surface area contributed by atoms with Gasteiger partial charge in [-0.05, 0) is 44.0 Å². The molecule has 9 heteroatoms. The second-order valence-electron chi connectivity index (χ2n) is 7.29. The summed E-state index contributed by atoms with van der Waals surface area (Å²) in [7, 11) is 0. The van der Waals surface area contributed by atoms with E-state index in [0.717, 1.165) is 63.0 Å². The van der Waals surface area contributed by atoms with E-state index in [1.54, 1.807) is 4.90 Å². The van der Waals surface area contributed by atoms with E-state index in [0.29, 0.717) is 6.54 Å². The van der Waals surface area contributed by atoms with Gasteiger partial charge in [0.2, 0.25) is 0 Å². The van der Waals surface area contributed by atoms with Crippen LogP contribution in [0.15, 0.2) is 28.7 Å². The molecule has 6 nitrogen and oxygen atoms in total. The van der Waals surface area contributed by atoms with E-state index >= 15 is 0 Å². The molecular weight excluding hydrogens is 467 g/mol. The first kappa shape index (κ1) is 23.3. The molecular formula is C19H27BrCl2N4O2. The third-order valence-corrected chi connectivity index (χ3v) is 6.18. The molecule has 156 valence electrons. The Kier molecular flexibility index (Phi) is 8.43. The van der Waals surface area contributed by atoms with Gasteiger partial charge in [0.05, 0.1) is 0 Å². The Morgan fingerprint density at radius 2 is 1.75 bits per heavy atom. The molecule has 28 heavy (non-hydrogen) atoms. The predicted octanol–water partition coefficient (Wildman–Crippen LogP) is 3.23. The number of carbonyl (C=O) groups excluding carboxylic acids is 2. The van der Waals surface area contributed by atoms with Crippen LogP contribution in [0.3, 0.4) is 0 Å². The predicted molar refractivity (Wildman–Crippen MR) is 119 cm³/mol. The molecule has 3 heterocycles. The van der Waals surface area contributed by atoms with Crippen LogP contribution in [0, 0.1) is 0 Å². The van der Waals surface area contributed by atoms with E-state index in [1.165, 1.54) is 10.6 Å². The minimum Gasteiger partial charge on any atom is -0.369 e. The van der Waals surface area contributed by atoms with Crippen molar-refractivity contribution in [2.45, 2.75) is 25.3 Å². The third-order valence-electron chi connectivity index (χ3n) is 5.68. The van der Waals surface area contributed by atoms with Crippen LogP contribution in [-0.2, 0) is 4.79 Å². The molecule has 3 aliphatic rings. The normalized spacial score (nSPS) is 22.2. The summed E-state index contributed by atoms with van der Waals surface area (Å²) < 4.78 is 1.11. The zero-order valence-electron chi connectivity index (χ0n) is 15.8. The fraction of sp³-hybridized carbons (Fsp3) is 0.579. The first-order chi connectivity index (χ1) is 12.6. The van der Waals surface area contributed by atoms with Crippen LogP contribution in [0.5, 0.6) is 0 Å². The van der Waals surface area contributed by atoms with E-state index in [4.69, 9.17) is 0 Å². The second-order valence-corrected chi connectivity index (χ2v) is 8.20. The highest BCUT2D eigenvalue weighted by Crippen LogP contribution is 2.27. The summed E-state index contributed by atoms with van der Waals surface area (Å²) >= 11 is 3.53. The lowest BCUT2D eigenvalue weighted by atomic mass is 10.2. The molecule has 0 radical (unpaired) electrons. The Hall–Kier alpha value is -1.02. The summed E-state index contributed by atoms with van der Waals surface area (Å²) in [6.45, 7) is 6.28. The van der Waals surface area contributed by atoms with E-state index in [-0.39, 0.29) is 42.8 Å². The van der Waals surface area contributed by atoms with Crippen molar-refractivity contribution in [2.75, 3.05) is 50.7 Å². The zero-order chi connectivity index (χ0) is 18.1. The zero-order valence-corrected chi connectivity index (χ0v) is 19.0. The van der Waals surface area contributed by atoms with Gasteiger partial charge >= 0.3 is 6.03 Å². The van der Waals surface area contributed by atoms with Gasteiger partial charge in [-0.2, -0.15) is 0 Å². The Labute approximate surface area is 187 Å². The maximum Gasteiger partial charge on any atom is 0.327 e. The maximum atomic E-state index is 12.3. The minimum atomic E-state index is -0.170. The van der Waals surface area contributed by atoms with Crippen molar-refractivity contribution in [1.29, 1.82) is 0 Å². The van der Waals surface area contributed by atoms with Crippen molar-refractivity contribution >= 4 is 58.4 Å². The average molecular weight is 494 g/mol. The highest BCUT2D eigenvalue weighted by molar-refractivity contribution is 9.10. The third kappa shape index (κ3) is 4.75. The first-order valence-corrected chi connectivity index (χ1v) is 10.3. The highest BCUT2D eigenvalue weighted by Gasteiger charge is 2.46. The van der Waals surface area contributed by atoms with Crippen molar-refractivity contribution in [3.8, 4) is 0 Å². The molecule has 0 aliphatic carbocycles. The summed E-state index contributed by atoms with van der Waals surface area (Å²) in [5.41, 5.74) is 1.26. The number of nitrogens with zero attached hydrogens (tertiary/aromatic N) is 4. The molecule has 0 aromatic heterocycles. The van der Waals surface area contributed by atoms with Gasteiger partial charge in [-0.25, -0.2) is 4.79 Å². The summed E-state index contributed by atoms with van der Waals surface area (Å²) in [6.07, 6.45) is 2.64. The minimum absolute atomic E-state index is 0. The molecule has 0 N–H and O–H groups in total. The first-order valence-electron chi connectivity index (χ1n) is 9.48. The summed E-state index contributed by atoms with van der Waals surface area (Å²) in [5.74, 6) is 0.0203.